The molecule has 0 aliphatic carbocycles. The van der Waals surface area contributed by atoms with Crippen LogP contribution in [0.1, 0.15) is 36.4 Å². The second-order valence-electron chi connectivity index (χ2n) is 9.53. The van der Waals surface area contributed by atoms with Gasteiger partial charge in [0.1, 0.15) is 5.69 Å². The molecular formula is C29H36N5OS+. The zero-order valence-electron chi connectivity index (χ0n) is 21.5. The summed E-state index contributed by atoms with van der Waals surface area (Å²) in [7, 11) is 1.94. The van der Waals surface area contributed by atoms with Crippen molar-refractivity contribution in [3.05, 3.63) is 95.6 Å². The smallest absolute Gasteiger partial charge is 0.303 e. The molecule has 0 fully saturated rings. The van der Waals surface area contributed by atoms with Crippen molar-refractivity contribution in [3.63, 3.8) is 0 Å². The molecule has 2 heterocycles. The Bertz CT molecular complexity index is 1250. The number of anilines is 1. The average Bonchev–Trinajstić information content (AvgIpc) is 3.14. The lowest BCUT2D eigenvalue weighted by Gasteiger charge is -2.09. The molecule has 0 bridgehead atoms. The molecule has 7 heteroatoms. The van der Waals surface area contributed by atoms with Crippen molar-refractivity contribution >= 4 is 17.0 Å². The maximum atomic E-state index is 10.9. The van der Waals surface area contributed by atoms with Gasteiger partial charge in [-0.15, -0.1) is 0 Å². The van der Waals surface area contributed by atoms with Gasteiger partial charge in [-0.1, -0.05) is 38.1 Å². The van der Waals surface area contributed by atoms with Crippen LogP contribution in [-0.4, -0.2) is 25.9 Å². The Labute approximate surface area is 217 Å². The molecule has 2 aromatic carbocycles. The largest absolute Gasteiger partial charge is 0.312 e. The molecule has 0 amide bonds. The van der Waals surface area contributed by atoms with E-state index in [-0.39, 0.29) is 0 Å². The first kappa shape index (κ1) is 25.9. The highest BCUT2D eigenvalue weighted by Crippen LogP contribution is 2.27. The van der Waals surface area contributed by atoms with Gasteiger partial charge in [0.25, 0.3) is 0 Å². The summed E-state index contributed by atoms with van der Waals surface area (Å²) in [6.07, 6.45) is 5.55. The zero-order chi connectivity index (χ0) is 25.5. The van der Waals surface area contributed by atoms with Gasteiger partial charge in [-0.2, -0.15) is 14.4 Å². The van der Waals surface area contributed by atoms with Crippen LogP contribution in [0.15, 0.2) is 78.0 Å². The van der Waals surface area contributed by atoms with Crippen LogP contribution in [0.3, 0.4) is 0 Å². The van der Waals surface area contributed by atoms with Crippen LogP contribution < -0.4 is 10.0 Å². The van der Waals surface area contributed by atoms with Crippen LogP contribution in [0.2, 0.25) is 0 Å². The minimum Gasteiger partial charge on any atom is -0.312 e. The Hall–Kier alpha value is -3.13. The van der Waals surface area contributed by atoms with Crippen LogP contribution in [-0.2, 0) is 37.8 Å². The summed E-state index contributed by atoms with van der Waals surface area (Å²) >= 11 is -1.11. The molecule has 2 aromatic heterocycles. The molecule has 188 valence electrons. The molecule has 0 saturated carbocycles. The molecule has 0 spiro atoms. The number of rotatable bonds is 11. The van der Waals surface area contributed by atoms with Crippen molar-refractivity contribution in [2.45, 2.75) is 45.1 Å². The highest BCUT2D eigenvalue weighted by Gasteiger charge is 2.26. The molecule has 36 heavy (non-hydrogen) atoms. The first-order chi connectivity index (χ1) is 17.4. The topological polar surface area (TPSA) is 75.0 Å². The van der Waals surface area contributed by atoms with Gasteiger partial charge >= 0.3 is 11.4 Å². The van der Waals surface area contributed by atoms with E-state index >= 15 is 0 Å². The Kier molecular flexibility index (Phi) is 8.80. The maximum absolute atomic E-state index is 10.9. The Morgan fingerprint density at radius 1 is 1.00 bits per heavy atom. The Morgan fingerprint density at radius 2 is 1.78 bits per heavy atom. The van der Waals surface area contributed by atoms with Crippen molar-refractivity contribution in [3.8, 4) is 11.1 Å². The fourth-order valence-corrected chi connectivity index (χ4v) is 5.11. The van der Waals surface area contributed by atoms with Gasteiger partial charge in [0.2, 0.25) is 4.90 Å². The van der Waals surface area contributed by atoms with Crippen molar-refractivity contribution in [2.75, 3.05) is 11.3 Å². The number of aryl methyl sites for hydroxylation is 1. The zero-order valence-corrected chi connectivity index (χ0v) is 22.3. The minimum absolute atomic E-state index is 0.492. The summed E-state index contributed by atoms with van der Waals surface area (Å²) in [5.41, 5.74) is 7.75. The van der Waals surface area contributed by atoms with Crippen molar-refractivity contribution in [1.29, 1.82) is 0 Å². The first-order valence-electron chi connectivity index (χ1n) is 12.4. The summed E-state index contributed by atoms with van der Waals surface area (Å²) in [6.45, 7) is 8.11. The summed E-state index contributed by atoms with van der Waals surface area (Å²) < 4.78 is 16.1. The summed E-state index contributed by atoms with van der Waals surface area (Å²) in [5, 5.41) is 8.16. The van der Waals surface area contributed by atoms with Gasteiger partial charge in [0.05, 0.1) is 11.4 Å². The standard InChI is InChI=1S/C29H36N5OS/c1-21(2)17-28-29(22(3)34(4)32-28)33-36(35)27-12-10-25(11-13-27)26-9-5-7-24(18-26)20-31-16-14-23-8-6-15-30-19-23/h5-13,15,18-19,21,31,33,35H,14,16-17,20H2,1-4H3/q+1. The number of aromatic nitrogens is 3. The molecule has 0 radical (unpaired) electrons. The highest BCUT2D eigenvalue weighted by molar-refractivity contribution is 7.92. The number of benzene rings is 2. The molecule has 6 nitrogen and oxygen atoms in total. The molecule has 3 N–H and O–H groups in total. The van der Waals surface area contributed by atoms with E-state index in [1.54, 1.807) is 6.20 Å². The van der Waals surface area contributed by atoms with Gasteiger partial charge in [-0.05, 0) is 90.9 Å². The third-order valence-electron chi connectivity index (χ3n) is 6.19. The molecule has 0 saturated heterocycles. The van der Waals surface area contributed by atoms with Crippen molar-refractivity contribution in [1.82, 2.24) is 20.1 Å². The molecule has 4 rings (SSSR count). The van der Waals surface area contributed by atoms with E-state index in [2.05, 4.69) is 76.4 Å². The van der Waals surface area contributed by atoms with Crippen LogP contribution in [0.5, 0.6) is 0 Å². The lowest BCUT2D eigenvalue weighted by atomic mass is 10.0. The predicted octanol–water partition coefficient (Wildman–Crippen LogP) is 5.80. The highest BCUT2D eigenvalue weighted by atomic mass is 32.2. The lowest BCUT2D eigenvalue weighted by molar-refractivity contribution is 0.619. The normalized spacial score (nSPS) is 12.2. The fourth-order valence-electron chi connectivity index (χ4n) is 4.14. The minimum atomic E-state index is -1.11. The van der Waals surface area contributed by atoms with Gasteiger partial charge < -0.3 is 5.32 Å². The van der Waals surface area contributed by atoms with E-state index < -0.39 is 11.4 Å². The van der Waals surface area contributed by atoms with Crippen LogP contribution >= 0.6 is 0 Å². The summed E-state index contributed by atoms with van der Waals surface area (Å²) in [6, 6.07) is 20.8. The summed E-state index contributed by atoms with van der Waals surface area (Å²) in [5.74, 6) is 0.492. The van der Waals surface area contributed by atoms with Gasteiger partial charge in [0, 0.05) is 26.0 Å². The second-order valence-corrected chi connectivity index (χ2v) is 10.8. The van der Waals surface area contributed by atoms with E-state index in [1.807, 2.05) is 43.0 Å². The quantitative estimate of drug-likeness (QED) is 0.179. The van der Waals surface area contributed by atoms with Gasteiger partial charge in [0.15, 0.2) is 0 Å². The molecule has 1 unspecified atom stereocenters. The number of pyridine rings is 1. The number of hydrogen-bond acceptors (Lipinski definition) is 5. The predicted molar refractivity (Wildman–Crippen MR) is 150 cm³/mol. The van der Waals surface area contributed by atoms with E-state index in [0.717, 1.165) is 53.5 Å². The molecule has 0 aliphatic heterocycles. The second kappa shape index (κ2) is 12.2. The third kappa shape index (κ3) is 6.75. The SMILES string of the molecule is Cc1c(N[S+](O)c2ccc(-c3cccc(CNCCc4cccnc4)c3)cc2)c(CC(C)C)nn1C. The van der Waals surface area contributed by atoms with Crippen molar-refractivity contribution in [2.24, 2.45) is 13.0 Å². The van der Waals surface area contributed by atoms with Crippen molar-refractivity contribution < 1.29 is 4.55 Å². The average molecular weight is 503 g/mol. The number of nitrogens with one attached hydrogen (secondary N) is 2. The monoisotopic (exact) mass is 502 g/mol. The Balaban J connectivity index is 1.37. The first-order valence-corrected chi connectivity index (χ1v) is 13.6. The molecular weight excluding hydrogens is 466 g/mol. The fraction of sp³-hybridized carbons (Fsp3) is 0.310. The maximum Gasteiger partial charge on any atom is 0.303 e. The van der Waals surface area contributed by atoms with Crippen LogP contribution in [0, 0.1) is 12.8 Å². The third-order valence-corrected chi connectivity index (χ3v) is 7.30. The lowest BCUT2D eigenvalue weighted by Crippen LogP contribution is -2.16. The van der Waals surface area contributed by atoms with Gasteiger partial charge in [-0.3, -0.25) is 9.67 Å². The molecule has 1 atom stereocenters. The van der Waals surface area contributed by atoms with E-state index in [9.17, 15) is 4.55 Å². The van der Waals surface area contributed by atoms with E-state index in [1.165, 1.54) is 16.7 Å². The Morgan fingerprint density at radius 3 is 2.50 bits per heavy atom. The molecule has 4 aromatic rings. The molecule has 0 aliphatic rings. The van der Waals surface area contributed by atoms with Crippen LogP contribution in [0.4, 0.5) is 5.69 Å². The van der Waals surface area contributed by atoms with E-state index in [4.69, 9.17) is 0 Å². The summed E-state index contributed by atoms with van der Waals surface area (Å²) in [4.78, 5) is 5.03. The van der Waals surface area contributed by atoms with Crippen LogP contribution in [0.25, 0.3) is 11.1 Å². The number of hydrogen-bond donors (Lipinski definition) is 3. The van der Waals surface area contributed by atoms with Gasteiger partial charge in [-0.25, -0.2) is 0 Å². The van der Waals surface area contributed by atoms with E-state index in [0.29, 0.717) is 5.92 Å². The number of nitrogens with zero attached hydrogens (tertiary/aromatic N) is 3.